The summed E-state index contributed by atoms with van der Waals surface area (Å²) in [5.41, 5.74) is 24.7. The standard InChI is InChI=1S/C89H135N19O21S/c1-3-5-7-8-9-10-11-12-13-14-15-16-21-33-60(112)55-130(128,129)44-28-39-76(115)97-51-77(116)98-72(53-109)85(124)105-71(49-75(90)114)84(123)104-70(47-58-31-26-42-94-58)83(122)107-73(54-110)86(125)101-65(35-6-4-2)79(118)102-67-41-40-59(111)32-22-18-23-37-64(78(91)117)99-82(121)69(46-57-50-96-63-36-25-24-34-62(57)63)103-80(119)66(38-27-43-95-89(92)93)100-81(120)68(45-56-29-19-17-20-30-56)106-87(126)74-48-61(113)52-108(74)88(67)127/h17,19-20,24-25,29-31,34,36,42,50,61,64-74,96,109-110,113H,3-16,18,21-23,26-28,32-33,35,37-41,43-49,51-55H2,1-2H3,(H2,90,114)(H2,91,117)(H,97,115)(H,98,116)(H,99,121)(H,100,120)(H,101,125)(H,102,118)(H,103,119)(H,104,123)(H,105,124)(H,106,126)(H,107,122)(H4,92,93,95)/t61-,64+,65+,66+,67+,68-,69+,70+,71+,72+,73+,74+/m1/s1. The molecule has 12 atom stereocenters. The van der Waals surface area contributed by atoms with Gasteiger partial charge in [0.15, 0.2) is 15.8 Å². The number of benzene rings is 2. The molecule has 14 amide bonds. The number of aliphatic hydroxyl groups excluding tert-OH is 3. The van der Waals surface area contributed by atoms with E-state index in [1.807, 2.05) is 12.1 Å². The molecule has 3 aromatic rings. The number of aromatic amines is 1. The van der Waals surface area contributed by atoms with Gasteiger partial charge < -0.3 is 107 Å². The van der Waals surface area contributed by atoms with Crippen LogP contribution in [0.5, 0.6) is 0 Å². The highest BCUT2D eigenvalue weighted by Crippen LogP contribution is 2.25. The fourth-order valence-electron chi connectivity index (χ4n) is 15.5. The summed E-state index contributed by atoms with van der Waals surface area (Å²) in [6, 6.07) is -2.36. The number of allylic oxidation sites excluding steroid dienone is 1. The first kappa shape index (κ1) is 107. The predicted molar refractivity (Wildman–Crippen MR) is 484 cm³/mol. The van der Waals surface area contributed by atoms with E-state index in [1.165, 1.54) is 57.6 Å². The van der Waals surface area contributed by atoms with E-state index >= 15 is 9.59 Å². The van der Waals surface area contributed by atoms with E-state index in [0.29, 0.717) is 30.4 Å². The molecule has 23 N–H and O–H groups in total. The van der Waals surface area contributed by atoms with Gasteiger partial charge in [-0.15, -0.1) is 0 Å². The Hall–Kier alpha value is -11.6. The van der Waals surface area contributed by atoms with Gasteiger partial charge in [0.1, 0.15) is 83.8 Å². The number of nitrogens with two attached hydrogens (primary N) is 4. The summed E-state index contributed by atoms with van der Waals surface area (Å²) in [4.78, 5) is 237. The topological polar surface area (TPSA) is 648 Å². The average Bonchev–Trinajstić information content (AvgIpc) is 1.60. The molecule has 0 bridgehead atoms. The normalized spacial score (nSPS) is 19.7. The third-order valence-corrected chi connectivity index (χ3v) is 24.4. The maximum Gasteiger partial charge on any atom is 0.245 e. The summed E-state index contributed by atoms with van der Waals surface area (Å²) in [7, 11) is -3.85. The van der Waals surface area contributed by atoms with Crippen molar-refractivity contribution in [1.29, 1.82) is 0 Å². The largest absolute Gasteiger partial charge is 0.394 e. The number of carbonyl (C=O) groups excluding carboxylic acids is 16. The highest BCUT2D eigenvalue weighted by Gasteiger charge is 2.44. The predicted octanol–water partition coefficient (Wildman–Crippen LogP) is -0.225. The summed E-state index contributed by atoms with van der Waals surface area (Å²) in [6.45, 7) is 0.392. The number of fused-ring (bicyclic) bond motifs is 2. The molecule has 40 nitrogen and oxygen atoms in total. The molecule has 130 heavy (non-hydrogen) atoms. The monoisotopic (exact) mass is 1840 g/mol. The molecule has 2 saturated heterocycles. The highest BCUT2D eigenvalue weighted by molar-refractivity contribution is 7.92. The first-order valence-electron chi connectivity index (χ1n) is 45.4. The van der Waals surface area contributed by atoms with Crippen LogP contribution in [0.3, 0.4) is 0 Å². The Bertz CT molecular complexity index is 4500. The minimum absolute atomic E-state index is 0.00677. The third-order valence-electron chi connectivity index (χ3n) is 22.7. The number of aromatic nitrogens is 1. The number of carbonyl (C=O) groups is 16. The molecular formula is C89H135N19O21S. The summed E-state index contributed by atoms with van der Waals surface area (Å²) in [6.07, 6.45) is 15.9. The van der Waals surface area contributed by atoms with Gasteiger partial charge in [-0.3, -0.25) is 86.7 Å². The number of sulfone groups is 1. The second-order valence-electron chi connectivity index (χ2n) is 33.5. The van der Waals surface area contributed by atoms with E-state index in [9.17, 15) is 90.9 Å². The number of hydrogen-bond acceptors (Lipinski definition) is 23. The van der Waals surface area contributed by atoms with Gasteiger partial charge in [-0.25, -0.2) is 8.42 Å². The van der Waals surface area contributed by atoms with Crippen molar-refractivity contribution in [3.05, 3.63) is 83.7 Å². The van der Waals surface area contributed by atoms with Gasteiger partial charge >= 0.3 is 0 Å². The maximum absolute atomic E-state index is 15.3. The van der Waals surface area contributed by atoms with E-state index in [2.05, 4.69) is 80.4 Å². The second-order valence-corrected chi connectivity index (χ2v) is 35.7. The van der Waals surface area contributed by atoms with Gasteiger partial charge in [0, 0.05) is 99.9 Å². The summed E-state index contributed by atoms with van der Waals surface area (Å²) in [5.74, 6) is -16.5. The number of primary amides is 2. The first-order valence-corrected chi connectivity index (χ1v) is 47.2. The van der Waals surface area contributed by atoms with Crippen molar-refractivity contribution in [2.75, 3.05) is 44.4 Å². The van der Waals surface area contributed by atoms with Crippen LogP contribution in [0.4, 0.5) is 0 Å². The van der Waals surface area contributed by atoms with Gasteiger partial charge in [0.2, 0.25) is 82.7 Å². The Labute approximate surface area is 758 Å². The van der Waals surface area contributed by atoms with Crippen LogP contribution in [0.25, 0.3) is 10.9 Å². The smallest absolute Gasteiger partial charge is 0.245 e. The Balaban J connectivity index is 1.14. The van der Waals surface area contributed by atoms with Crippen LogP contribution in [-0.2, 0) is 99.4 Å². The van der Waals surface area contributed by atoms with Gasteiger partial charge in [-0.05, 0) is 68.6 Å². The molecule has 0 spiro atoms. The number of guanidine groups is 1. The molecule has 0 aliphatic carbocycles. The lowest BCUT2D eigenvalue weighted by molar-refractivity contribution is -0.143. The van der Waals surface area contributed by atoms with E-state index in [1.54, 1.807) is 61.7 Å². The van der Waals surface area contributed by atoms with Gasteiger partial charge in [-0.2, -0.15) is 0 Å². The highest BCUT2D eigenvalue weighted by atomic mass is 32.2. The lowest BCUT2D eigenvalue weighted by Gasteiger charge is -2.31. The molecule has 0 radical (unpaired) electrons. The lowest BCUT2D eigenvalue weighted by atomic mass is 10.00. The minimum atomic E-state index is -3.85. The number of rotatable bonds is 51. The molecule has 2 fully saturated rings. The fourth-order valence-corrected chi connectivity index (χ4v) is 16.8. The van der Waals surface area contributed by atoms with Gasteiger partial charge in [0.05, 0.1) is 38.0 Å². The van der Waals surface area contributed by atoms with Gasteiger partial charge in [-0.1, -0.05) is 171 Å². The SMILES string of the molecule is CCCCCCCCCCCCCCCC(=O)CS(=O)(=O)CCCC(=O)NCC(=O)N[C@@H](CO)C(=O)N[C@@H](CC(N)=O)C(=O)N[C@@H](CC1=CCC=N1)C(=O)N[C@@H](CO)C(=O)N[C@@H](CCCC)C(=O)N[C@H]1CCC(=O)CCCCC[C@@H](C(N)=O)NC(=O)[C@H](Cc2c[nH]c3ccccc23)NC(=O)[C@H](CCCN=C(N)N)NC(=O)[C@@H](Cc2ccccc2)NC(=O)[C@@H]2C[C@@H](O)CN2C1=O. The number of nitrogens with one attached hydrogen (secondary N) is 12. The lowest BCUT2D eigenvalue weighted by Crippen LogP contribution is -2.61. The van der Waals surface area contributed by atoms with Crippen molar-refractivity contribution < 1.29 is 100 Å². The number of aliphatic hydroxyl groups is 3. The Kier molecular flexibility index (Phi) is 47.4. The van der Waals surface area contributed by atoms with Crippen LogP contribution in [0, 0.1) is 0 Å². The zero-order chi connectivity index (χ0) is 95.1. The fraction of sp³-hybridized carbons (Fsp3) is 0.618. The van der Waals surface area contributed by atoms with E-state index < -0.39 is 240 Å². The number of H-pyrrole nitrogens is 1. The van der Waals surface area contributed by atoms with E-state index in [0.717, 1.165) is 41.5 Å². The molecule has 1 aromatic heterocycles. The average molecular weight is 1840 g/mol. The van der Waals surface area contributed by atoms with Crippen LogP contribution in [0.2, 0.25) is 0 Å². The minimum Gasteiger partial charge on any atom is -0.394 e. The zero-order valence-corrected chi connectivity index (χ0v) is 75.4. The third kappa shape index (κ3) is 39.0. The van der Waals surface area contributed by atoms with Crippen LogP contribution < -0.4 is 81.4 Å². The summed E-state index contributed by atoms with van der Waals surface area (Å²) in [5, 5.41) is 60.6. The van der Waals surface area contributed by atoms with Crippen LogP contribution in [0.1, 0.15) is 230 Å². The van der Waals surface area contributed by atoms with Crippen molar-refractivity contribution in [3.8, 4) is 0 Å². The molecule has 0 unspecified atom stereocenters. The number of unbranched alkanes of at least 4 members (excludes halogenated alkanes) is 13. The van der Waals surface area contributed by atoms with Gasteiger partial charge in [0.25, 0.3) is 0 Å². The van der Waals surface area contributed by atoms with Crippen molar-refractivity contribution in [2.24, 2.45) is 32.9 Å². The number of para-hydroxylation sites is 1. The number of aliphatic imine (C=N–C) groups is 2. The quantitative estimate of drug-likeness (QED) is 0.0197. The molecule has 0 saturated carbocycles. The Morgan fingerprint density at radius 2 is 1.18 bits per heavy atom. The van der Waals surface area contributed by atoms with Crippen LogP contribution in [-0.4, -0.2) is 257 Å². The summed E-state index contributed by atoms with van der Waals surface area (Å²) >= 11 is 0. The number of ketones is 2. The molecule has 41 heteroatoms. The Morgan fingerprint density at radius 1 is 0.592 bits per heavy atom. The number of amides is 14. The molecule has 4 heterocycles. The van der Waals surface area contributed by atoms with Crippen molar-refractivity contribution in [2.45, 2.75) is 305 Å². The molecule has 2 aromatic carbocycles. The molecule has 6 rings (SSSR count). The number of Topliss-reactive ketones (excluding diaryl/α,β-unsaturated/α-hetero) is 2. The zero-order valence-electron chi connectivity index (χ0n) is 74.6. The molecule has 3 aliphatic rings. The van der Waals surface area contributed by atoms with E-state index in [-0.39, 0.29) is 115 Å². The second kappa shape index (κ2) is 57.5. The maximum atomic E-state index is 15.3. The molecule has 3 aliphatic heterocycles. The summed E-state index contributed by atoms with van der Waals surface area (Å²) < 4.78 is 25.5. The molecule has 718 valence electrons. The first-order chi connectivity index (χ1) is 62.2. The van der Waals surface area contributed by atoms with Crippen molar-refractivity contribution >= 4 is 127 Å². The van der Waals surface area contributed by atoms with Crippen LogP contribution in [0.15, 0.2) is 82.6 Å². The van der Waals surface area contributed by atoms with E-state index in [4.69, 9.17) is 22.9 Å². The van der Waals surface area contributed by atoms with Crippen molar-refractivity contribution in [3.63, 3.8) is 0 Å². The van der Waals surface area contributed by atoms with Crippen molar-refractivity contribution in [1.82, 2.24) is 68.4 Å². The Morgan fingerprint density at radius 3 is 1.82 bits per heavy atom. The molecular weight excluding hydrogens is 1700 g/mol. The van der Waals surface area contributed by atoms with Crippen LogP contribution >= 0.6 is 0 Å². The number of hydrogen-bond donors (Lipinski definition) is 19. The number of nitrogens with zero attached hydrogens (tertiary/aromatic N) is 3.